The number of amides is 3. The lowest BCUT2D eigenvalue weighted by Crippen LogP contribution is -2.53. The normalized spacial score (nSPS) is 22.9. The molecule has 0 bridgehead atoms. The molecule has 48 heavy (non-hydrogen) atoms. The van der Waals surface area contributed by atoms with Crippen molar-refractivity contribution in [1.82, 2.24) is 25.8 Å². The lowest BCUT2D eigenvalue weighted by molar-refractivity contribution is -0.154. The van der Waals surface area contributed by atoms with E-state index in [1.807, 2.05) is 26.0 Å². The quantitative estimate of drug-likeness (QED) is 0.223. The molecule has 1 aromatic heterocycles. The Morgan fingerprint density at radius 3 is 2.40 bits per heavy atom. The zero-order valence-electron chi connectivity index (χ0n) is 28.5. The molecule has 3 heterocycles. The van der Waals surface area contributed by atoms with Gasteiger partial charge in [-0.3, -0.25) is 24.0 Å². The van der Waals surface area contributed by atoms with Crippen LogP contribution in [0.5, 0.6) is 5.75 Å². The average Bonchev–Trinajstić information content (AvgIpc) is 3.72. The Kier molecular flexibility index (Phi) is 12.1. The highest BCUT2D eigenvalue weighted by Gasteiger charge is 2.35. The van der Waals surface area contributed by atoms with Gasteiger partial charge in [-0.25, -0.2) is 0 Å². The summed E-state index contributed by atoms with van der Waals surface area (Å²) < 4.78 is 10.9. The number of rotatable bonds is 14. The molecule has 0 radical (unpaired) electrons. The molecule has 3 fully saturated rings. The predicted octanol–water partition coefficient (Wildman–Crippen LogP) is 3.49. The van der Waals surface area contributed by atoms with Gasteiger partial charge >= 0.3 is 5.97 Å². The Balaban J connectivity index is 1.21. The third kappa shape index (κ3) is 8.94. The number of methoxy groups -OCH3 is 1. The highest BCUT2D eigenvalue weighted by molar-refractivity contribution is 6.02. The number of ether oxygens (including phenoxy) is 2. The van der Waals surface area contributed by atoms with Crippen LogP contribution in [0.1, 0.15) is 88.5 Å². The number of carbonyl (C=O) groups excluding carboxylic acids is 5. The van der Waals surface area contributed by atoms with Gasteiger partial charge in [-0.2, -0.15) is 0 Å². The van der Waals surface area contributed by atoms with Gasteiger partial charge in [0, 0.05) is 29.4 Å². The number of nitrogens with one attached hydrogen (secondary N) is 4. The number of carbonyl (C=O) groups is 5. The molecule has 3 atom stereocenters. The van der Waals surface area contributed by atoms with E-state index in [1.54, 1.807) is 19.2 Å². The van der Waals surface area contributed by atoms with E-state index in [9.17, 15) is 24.0 Å². The Bertz CT molecular complexity index is 1460. The summed E-state index contributed by atoms with van der Waals surface area (Å²) in [5.41, 5.74) is 0.984. The minimum absolute atomic E-state index is 0.0459. The lowest BCUT2D eigenvalue weighted by atomic mass is 9.84. The first-order valence-corrected chi connectivity index (χ1v) is 17.6. The molecule has 0 spiro atoms. The van der Waals surface area contributed by atoms with Crippen LogP contribution in [0.3, 0.4) is 0 Å². The standard InChI is InChI=1S/C36H51N5O7/c1-22(2)18-29(40-35(45)30-20-26-27(38-30)8-7-9-32(26)47-3)34(44)39-28(19-24-14-15-37-33(24)43)31(42)21-48-36(46)23-10-12-25(13-11-23)41-16-5-4-6-17-41/h7-9,20,22-25,28-29,38H,4-6,10-19,21H2,1-3H3,(H,37,43)(H,39,44)(H,40,45)/t23?,24-,25?,28-,29-/m0/s1. The van der Waals surface area contributed by atoms with Crippen molar-refractivity contribution in [3.05, 3.63) is 30.0 Å². The molecule has 12 heteroatoms. The van der Waals surface area contributed by atoms with Gasteiger partial charge in [0.05, 0.1) is 19.1 Å². The summed E-state index contributed by atoms with van der Waals surface area (Å²) in [6.07, 6.45) is 8.04. The zero-order chi connectivity index (χ0) is 34.2. The van der Waals surface area contributed by atoms with Crippen molar-refractivity contribution in [1.29, 1.82) is 0 Å². The summed E-state index contributed by atoms with van der Waals surface area (Å²) in [6, 6.07) is 5.62. The van der Waals surface area contributed by atoms with E-state index in [2.05, 4.69) is 25.8 Å². The highest BCUT2D eigenvalue weighted by atomic mass is 16.5. The van der Waals surface area contributed by atoms with Crippen LogP contribution in [-0.4, -0.2) is 90.8 Å². The van der Waals surface area contributed by atoms with Gasteiger partial charge in [-0.05, 0) is 95.0 Å². The Labute approximate surface area is 282 Å². The van der Waals surface area contributed by atoms with Crippen LogP contribution in [0.2, 0.25) is 0 Å². The molecule has 0 unspecified atom stereocenters. The van der Waals surface area contributed by atoms with Crippen molar-refractivity contribution in [2.75, 3.05) is 33.4 Å². The van der Waals surface area contributed by atoms with Crippen molar-refractivity contribution in [2.45, 2.75) is 96.2 Å². The zero-order valence-corrected chi connectivity index (χ0v) is 28.5. The number of fused-ring (bicyclic) bond motifs is 1. The lowest BCUT2D eigenvalue weighted by Gasteiger charge is -2.38. The minimum Gasteiger partial charge on any atom is -0.496 e. The molecule has 4 N–H and O–H groups in total. The number of H-pyrrole nitrogens is 1. The highest BCUT2D eigenvalue weighted by Crippen LogP contribution is 2.30. The van der Waals surface area contributed by atoms with Crippen molar-refractivity contribution in [2.24, 2.45) is 17.8 Å². The van der Waals surface area contributed by atoms with Crippen LogP contribution in [0.25, 0.3) is 10.9 Å². The molecule has 1 aliphatic carbocycles. The van der Waals surface area contributed by atoms with Gasteiger partial charge < -0.3 is 35.3 Å². The minimum atomic E-state index is -1.06. The monoisotopic (exact) mass is 665 g/mol. The fourth-order valence-corrected chi connectivity index (χ4v) is 7.39. The summed E-state index contributed by atoms with van der Waals surface area (Å²) in [4.78, 5) is 71.7. The molecule has 3 amide bonds. The maximum absolute atomic E-state index is 13.7. The van der Waals surface area contributed by atoms with E-state index in [-0.39, 0.29) is 35.8 Å². The molecule has 3 aliphatic rings. The van der Waals surface area contributed by atoms with E-state index in [0.29, 0.717) is 31.2 Å². The number of aromatic amines is 1. The molecular formula is C36H51N5O7. The maximum atomic E-state index is 13.7. The molecule has 2 saturated heterocycles. The van der Waals surface area contributed by atoms with Crippen molar-refractivity contribution < 1.29 is 33.4 Å². The Morgan fingerprint density at radius 1 is 0.979 bits per heavy atom. The molecule has 1 saturated carbocycles. The second-order valence-corrected chi connectivity index (χ2v) is 14.0. The van der Waals surface area contributed by atoms with E-state index in [1.165, 1.54) is 19.3 Å². The third-order valence-electron chi connectivity index (χ3n) is 10.1. The van der Waals surface area contributed by atoms with Crippen molar-refractivity contribution >= 4 is 40.4 Å². The molecule has 5 rings (SSSR count). The van der Waals surface area contributed by atoms with Crippen LogP contribution in [0.15, 0.2) is 24.3 Å². The third-order valence-corrected chi connectivity index (χ3v) is 10.1. The number of piperidine rings is 1. The summed E-state index contributed by atoms with van der Waals surface area (Å²) >= 11 is 0. The summed E-state index contributed by atoms with van der Waals surface area (Å²) in [5.74, 6) is -2.10. The van der Waals surface area contributed by atoms with E-state index in [4.69, 9.17) is 9.47 Å². The maximum Gasteiger partial charge on any atom is 0.309 e. The average molecular weight is 666 g/mol. The molecule has 262 valence electrons. The van der Waals surface area contributed by atoms with Crippen LogP contribution in [0, 0.1) is 17.8 Å². The van der Waals surface area contributed by atoms with Crippen LogP contribution in [-0.2, 0) is 23.9 Å². The second-order valence-electron chi connectivity index (χ2n) is 14.0. The van der Waals surface area contributed by atoms with Gasteiger partial charge in [0.1, 0.15) is 17.5 Å². The van der Waals surface area contributed by atoms with Crippen molar-refractivity contribution in [3.63, 3.8) is 0 Å². The number of Topliss-reactive ketones (excluding diaryl/α,β-unsaturated/α-hetero) is 1. The van der Waals surface area contributed by atoms with E-state index in [0.717, 1.165) is 49.7 Å². The molecular weight excluding hydrogens is 614 g/mol. The molecule has 2 aliphatic heterocycles. The van der Waals surface area contributed by atoms with Crippen molar-refractivity contribution in [3.8, 4) is 5.75 Å². The number of ketones is 1. The second kappa shape index (κ2) is 16.5. The number of benzene rings is 1. The first-order valence-electron chi connectivity index (χ1n) is 17.6. The first-order chi connectivity index (χ1) is 23.1. The van der Waals surface area contributed by atoms with Gasteiger partial charge in [0.15, 0.2) is 12.4 Å². The Morgan fingerprint density at radius 2 is 1.73 bits per heavy atom. The number of hydrogen-bond acceptors (Lipinski definition) is 8. The number of aromatic nitrogens is 1. The van der Waals surface area contributed by atoms with Crippen LogP contribution >= 0.6 is 0 Å². The molecule has 1 aromatic carbocycles. The topological polar surface area (TPSA) is 159 Å². The van der Waals surface area contributed by atoms with Gasteiger partial charge in [0.2, 0.25) is 11.8 Å². The summed E-state index contributed by atoms with van der Waals surface area (Å²) in [5, 5.41) is 9.15. The van der Waals surface area contributed by atoms with Gasteiger partial charge in [0.25, 0.3) is 5.91 Å². The summed E-state index contributed by atoms with van der Waals surface area (Å²) in [7, 11) is 1.56. The molecule has 2 aromatic rings. The van der Waals surface area contributed by atoms with E-state index >= 15 is 0 Å². The smallest absolute Gasteiger partial charge is 0.309 e. The fraction of sp³-hybridized carbons (Fsp3) is 0.639. The predicted molar refractivity (Wildman–Crippen MR) is 180 cm³/mol. The largest absolute Gasteiger partial charge is 0.496 e. The summed E-state index contributed by atoms with van der Waals surface area (Å²) in [6.45, 7) is 6.13. The van der Waals surface area contributed by atoms with Gasteiger partial charge in [-0.15, -0.1) is 0 Å². The number of nitrogens with zero attached hydrogens (tertiary/aromatic N) is 1. The molecule has 12 nitrogen and oxygen atoms in total. The van der Waals surface area contributed by atoms with E-state index < -0.39 is 42.2 Å². The number of likely N-dealkylation sites (tertiary alicyclic amines) is 1. The van der Waals surface area contributed by atoms with Crippen LogP contribution < -0.4 is 20.7 Å². The number of hydrogen-bond donors (Lipinski definition) is 4. The fourth-order valence-electron chi connectivity index (χ4n) is 7.39. The first kappa shape index (κ1) is 35.4. The van der Waals surface area contributed by atoms with Gasteiger partial charge in [-0.1, -0.05) is 26.3 Å². The number of esters is 1. The Hall–Kier alpha value is -3.93. The van der Waals surface area contributed by atoms with Crippen LogP contribution in [0.4, 0.5) is 0 Å². The SMILES string of the molecule is COc1cccc2[nH]c(C(=O)N[C@@H](CC(C)C)C(=O)N[C@@H](C[C@@H]3CCNC3=O)C(=O)COC(=O)C3CCC(N4CCCCC4)CC3)cc12.